The summed E-state index contributed by atoms with van der Waals surface area (Å²) in [6.07, 6.45) is 0. The second-order valence-electron chi connectivity index (χ2n) is 4.70. The molecule has 0 bridgehead atoms. The van der Waals surface area contributed by atoms with Crippen molar-refractivity contribution in [3.05, 3.63) is 28.3 Å². The third-order valence-electron chi connectivity index (χ3n) is 2.55. The molecule has 1 aromatic rings. The van der Waals surface area contributed by atoms with Crippen LogP contribution in [0.2, 0.25) is 5.02 Å². The average molecular weight is 271 g/mol. The number of carbonyl (C=O) groups is 1. The second kappa shape index (κ2) is 5.61. The van der Waals surface area contributed by atoms with Crippen molar-refractivity contribution in [2.24, 2.45) is 0 Å². The summed E-state index contributed by atoms with van der Waals surface area (Å²) in [5.74, 6) is 0.239. The van der Waals surface area contributed by atoms with Crippen LogP contribution in [0.25, 0.3) is 0 Å². The van der Waals surface area contributed by atoms with Crippen molar-refractivity contribution in [2.45, 2.75) is 40.2 Å². The van der Waals surface area contributed by atoms with E-state index in [2.05, 4.69) is 0 Å². The molecule has 0 aliphatic rings. The van der Waals surface area contributed by atoms with Crippen molar-refractivity contribution in [3.8, 4) is 5.75 Å². The van der Waals surface area contributed by atoms with Gasteiger partial charge >= 0.3 is 5.97 Å². The summed E-state index contributed by atoms with van der Waals surface area (Å²) in [5.41, 5.74) is 0.834. The second-order valence-corrected chi connectivity index (χ2v) is 5.08. The summed E-state index contributed by atoms with van der Waals surface area (Å²) in [4.78, 5) is 11.7. The highest BCUT2D eigenvalue weighted by Gasteiger charge is 2.31. The fourth-order valence-corrected chi connectivity index (χ4v) is 1.72. The van der Waals surface area contributed by atoms with E-state index in [1.807, 2.05) is 26.0 Å². The molecule has 0 heterocycles. The Labute approximate surface area is 113 Å². The number of hydrogen-bond donors (Lipinski definition) is 0. The molecule has 0 unspecified atom stereocenters. The van der Waals surface area contributed by atoms with Crippen LogP contribution in [0.15, 0.2) is 12.1 Å². The number of aryl methyl sites for hydroxylation is 2. The zero-order chi connectivity index (χ0) is 13.9. The van der Waals surface area contributed by atoms with Gasteiger partial charge in [0.15, 0.2) is 5.60 Å². The Hall–Kier alpha value is -1.22. The predicted molar refractivity (Wildman–Crippen MR) is 72.3 cm³/mol. The van der Waals surface area contributed by atoms with Gasteiger partial charge in [-0.05, 0) is 57.9 Å². The Morgan fingerprint density at radius 2 is 1.78 bits per heavy atom. The maximum atomic E-state index is 11.7. The Kier molecular flexibility index (Phi) is 4.63. The van der Waals surface area contributed by atoms with Crippen LogP contribution in [0.1, 0.15) is 31.9 Å². The molecular weight excluding hydrogens is 252 g/mol. The van der Waals surface area contributed by atoms with Crippen LogP contribution in [0.3, 0.4) is 0 Å². The van der Waals surface area contributed by atoms with Crippen molar-refractivity contribution in [1.82, 2.24) is 0 Å². The number of carbonyl (C=O) groups excluding carboxylic acids is 1. The lowest BCUT2D eigenvalue weighted by Gasteiger charge is -2.24. The van der Waals surface area contributed by atoms with E-state index in [0.29, 0.717) is 12.4 Å². The van der Waals surface area contributed by atoms with E-state index in [1.54, 1.807) is 20.8 Å². The molecule has 0 N–H and O–H groups in total. The van der Waals surface area contributed by atoms with E-state index in [-0.39, 0.29) is 5.97 Å². The molecule has 0 radical (unpaired) electrons. The number of hydrogen-bond acceptors (Lipinski definition) is 3. The molecule has 0 spiro atoms. The highest BCUT2D eigenvalue weighted by atomic mass is 35.5. The first kappa shape index (κ1) is 14.8. The lowest BCUT2D eigenvalue weighted by molar-refractivity contribution is -0.158. The first-order valence-electron chi connectivity index (χ1n) is 5.91. The molecule has 0 aliphatic heterocycles. The molecule has 18 heavy (non-hydrogen) atoms. The first-order valence-corrected chi connectivity index (χ1v) is 6.28. The fraction of sp³-hybridized carbons (Fsp3) is 0.500. The average Bonchev–Trinajstić information content (AvgIpc) is 2.25. The monoisotopic (exact) mass is 270 g/mol. The Morgan fingerprint density at radius 3 is 2.22 bits per heavy atom. The van der Waals surface area contributed by atoms with Gasteiger partial charge in [0.05, 0.1) is 6.61 Å². The highest BCUT2D eigenvalue weighted by Crippen LogP contribution is 2.28. The Bertz CT molecular complexity index is 429. The molecular formula is C14H19ClO3. The number of rotatable bonds is 4. The van der Waals surface area contributed by atoms with E-state index < -0.39 is 5.60 Å². The van der Waals surface area contributed by atoms with Crippen LogP contribution in [0.5, 0.6) is 5.75 Å². The van der Waals surface area contributed by atoms with E-state index in [1.165, 1.54) is 0 Å². The molecule has 100 valence electrons. The predicted octanol–water partition coefficient (Wildman–Crippen LogP) is 3.68. The Morgan fingerprint density at radius 1 is 1.28 bits per heavy atom. The van der Waals surface area contributed by atoms with Crippen molar-refractivity contribution >= 4 is 17.6 Å². The zero-order valence-electron chi connectivity index (χ0n) is 11.5. The SMILES string of the molecule is CCOC(=O)C(C)(C)Oc1cc(C)c(Cl)c(C)c1. The molecule has 0 atom stereocenters. The summed E-state index contributed by atoms with van der Waals surface area (Å²) >= 11 is 6.09. The third-order valence-corrected chi connectivity index (χ3v) is 3.15. The molecule has 3 nitrogen and oxygen atoms in total. The molecule has 1 rings (SSSR count). The number of benzene rings is 1. The normalized spacial score (nSPS) is 11.2. The molecule has 0 amide bonds. The minimum atomic E-state index is -1.01. The fourth-order valence-electron chi connectivity index (χ4n) is 1.61. The standard InChI is InChI=1S/C14H19ClO3/c1-6-17-13(16)14(4,5)18-11-7-9(2)12(15)10(3)8-11/h7-8H,6H2,1-5H3. The number of ether oxygens (including phenoxy) is 2. The van der Waals surface area contributed by atoms with Gasteiger partial charge in [0, 0.05) is 5.02 Å². The largest absolute Gasteiger partial charge is 0.476 e. The van der Waals surface area contributed by atoms with E-state index in [4.69, 9.17) is 21.1 Å². The highest BCUT2D eigenvalue weighted by molar-refractivity contribution is 6.32. The van der Waals surface area contributed by atoms with Crippen LogP contribution in [0, 0.1) is 13.8 Å². The lowest BCUT2D eigenvalue weighted by atomic mass is 10.1. The van der Waals surface area contributed by atoms with Crippen LogP contribution < -0.4 is 4.74 Å². The summed E-state index contributed by atoms with van der Waals surface area (Å²) in [7, 11) is 0. The van der Waals surface area contributed by atoms with Gasteiger partial charge in [-0.2, -0.15) is 0 Å². The summed E-state index contributed by atoms with van der Waals surface area (Å²) in [6.45, 7) is 9.28. The Balaban J connectivity index is 2.94. The summed E-state index contributed by atoms with van der Waals surface area (Å²) in [5, 5.41) is 0.719. The van der Waals surface area contributed by atoms with Crippen molar-refractivity contribution in [1.29, 1.82) is 0 Å². The van der Waals surface area contributed by atoms with Crippen LogP contribution in [0.4, 0.5) is 0 Å². The number of halogens is 1. The van der Waals surface area contributed by atoms with E-state index in [0.717, 1.165) is 16.1 Å². The molecule has 0 aliphatic carbocycles. The van der Waals surface area contributed by atoms with Gasteiger partial charge in [0.1, 0.15) is 5.75 Å². The molecule has 0 saturated carbocycles. The van der Waals surface area contributed by atoms with Gasteiger partial charge in [-0.15, -0.1) is 0 Å². The lowest BCUT2D eigenvalue weighted by Crippen LogP contribution is -2.39. The van der Waals surface area contributed by atoms with E-state index in [9.17, 15) is 4.79 Å². The van der Waals surface area contributed by atoms with Crippen molar-refractivity contribution in [2.75, 3.05) is 6.61 Å². The van der Waals surface area contributed by atoms with Crippen LogP contribution in [-0.4, -0.2) is 18.2 Å². The van der Waals surface area contributed by atoms with Crippen molar-refractivity contribution < 1.29 is 14.3 Å². The van der Waals surface area contributed by atoms with Gasteiger partial charge in [0.25, 0.3) is 0 Å². The smallest absolute Gasteiger partial charge is 0.349 e. The van der Waals surface area contributed by atoms with Crippen LogP contribution in [-0.2, 0) is 9.53 Å². The maximum absolute atomic E-state index is 11.7. The van der Waals surface area contributed by atoms with Gasteiger partial charge in [-0.1, -0.05) is 11.6 Å². The van der Waals surface area contributed by atoms with Gasteiger partial charge in [0.2, 0.25) is 0 Å². The van der Waals surface area contributed by atoms with Crippen molar-refractivity contribution in [3.63, 3.8) is 0 Å². The summed E-state index contributed by atoms with van der Waals surface area (Å²) in [6, 6.07) is 3.63. The minimum absolute atomic E-state index is 0.338. The maximum Gasteiger partial charge on any atom is 0.349 e. The quantitative estimate of drug-likeness (QED) is 0.783. The van der Waals surface area contributed by atoms with Crippen LogP contribution >= 0.6 is 11.6 Å². The molecule has 0 aromatic heterocycles. The molecule has 0 saturated heterocycles. The van der Waals surface area contributed by atoms with Gasteiger partial charge in [-0.3, -0.25) is 0 Å². The number of esters is 1. The van der Waals surface area contributed by atoms with Gasteiger partial charge < -0.3 is 9.47 Å². The molecule has 1 aromatic carbocycles. The zero-order valence-corrected chi connectivity index (χ0v) is 12.2. The van der Waals surface area contributed by atoms with E-state index >= 15 is 0 Å². The molecule has 0 fully saturated rings. The molecule has 4 heteroatoms. The van der Waals surface area contributed by atoms with Gasteiger partial charge in [-0.25, -0.2) is 4.79 Å². The third kappa shape index (κ3) is 3.39. The minimum Gasteiger partial charge on any atom is -0.476 e. The summed E-state index contributed by atoms with van der Waals surface area (Å²) < 4.78 is 10.7. The topological polar surface area (TPSA) is 35.5 Å². The first-order chi connectivity index (χ1) is 8.27.